The van der Waals surface area contributed by atoms with E-state index in [1.807, 2.05) is 0 Å². The van der Waals surface area contributed by atoms with Gasteiger partial charge in [0.1, 0.15) is 6.61 Å². The van der Waals surface area contributed by atoms with Gasteiger partial charge in [-0.1, -0.05) is 280 Å². The van der Waals surface area contributed by atoms with Gasteiger partial charge < -0.3 is 14.2 Å². The third-order valence-electron chi connectivity index (χ3n) is 13.2. The molecule has 0 N–H and O–H groups in total. The third-order valence-corrected chi connectivity index (χ3v) is 13.2. The first-order valence-corrected chi connectivity index (χ1v) is 30.5. The molecule has 5 nitrogen and oxygen atoms in total. The zero-order valence-corrected chi connectivity index (χ0v) is 46.8. The quantitative estimate of drug-likeness (QED) is 0.0345. The van der Waals surface area contributed by atoms with Crippen molar-refractivity contribution < 1.29 is 23.8 Å². The van der Waals surface area contributed by atoms with Gasteiger partial charge in [0.2, 0.25) is 0 Å². The molecule has 0 radical (unpaired) electrons. The summed E-state index contributed by atoms with van der Waals surface area (Å²) >= 11 is 0. The lowest BCUT2D eigenvalue weighted by molar-refractivity contribution is -0.162. The second kappa shape index (κ2) is 60.6. The SMILES string of the molecule is CC/C=C\C/C=C\C/C=C\C/C=C\C/C=C\CCCC(=O)OC(COCCCCCCCCCCCCCCCCCCCC)COC(=O)CCCCCCCCCCC/C=C\CCCCCCCC. The summed E-state index contributed by atoms with van der Waals surface area (Å²) < 4.78 is 17.5. The van der Waals surface area contributed by atoms with Crippen LogP contribution in [-0.2, 0) is 23.8 Å². The minimum Gasteiger partial charge on any atom is -0.462 e. The molecular formula is C65H116O5. The van der Waals surface area contributed by atoms with Crippen molar-refractivity contribution >= 4 is 11.9 Å². The topological polar surface area (TPSA) is 61.8 Å². The number of unbranched alkanes of at least 4 members (excludes halogenated alkanes) is 33. The van der Waals surface area contributed by atoms with E-state index in [4.69, 9.17) is 14.2 Å². The maximum absolute atomic E-state index is 12.9. The third kappa shape index (κ3) is 57.9. The summed E-state index contributed by atoms with van der Waals surface area (Å²) in [6, 6.07) is 0. The van der Waals surface area contributed by atoms with E-state index < -0.39 is 6.10 Å². The van der Waals surface area contributed by atoms with Crippen molar-refractivity contribution in [2.24, 2.45) is 0 Å². The van der Waals surface area contributed by atoms with Crippen LogP contribution in [0, 0.1) is 0 Å². The van der Waals surface area contributed by atoms with Crippen LogP contribution in [0.2, 0.25) is 0 Å². The van der Waals surface area contributed by atoms with E-state index in [2.05, 4.69) is 93.7 Å². The Morgan fingerprint density at radius 1 is 0.329 bits per heavy atom. The molecule has 0 aliphatic carbocycles. The summed E-state index contributed by atoms with van der Waals surface area (Å²) in [5.41, 5.74) is 0. The van der Waals surface area contributed by atoms with Crippen LogP contribution in [0.1, 0.15) is 303 Å². The Morgan fingerprint density at radius 2 is 0.657 bits per heavy atom. The number of ether oxygens (including phenoxy) is 3. The van der Waals surface area contributed by atoms with Gasteiger partial charge in [0, 0.05) is 19.4 Å². The molecule has 0 bridgehead atoms. The van der Waals surface area contributed by atoms with Crippen LogP contribution >= 0.6 is 0 Å². The maximum atomic E-state index is 12.9. The predicted molar refractivity (Wildman–Crippen MR) is 307 cm³/mol. The fraction of sp³-hybridized carbons (Fsp3) is 0.785. The van der Waals surface area contributed by atoms with Crippen LogP contribution in [0.5, 0.6) is 0 Å². The van der Waals surface area contributed by atoms with Crippen molar-refractivity contribution in [2.75, 3.05) is 19.8 Å². The average molecular weight is 978 g/mol. The van der Waals surface area contributed by atoms with Gasteiger partial charge in [0.25, 0.3) is 0 Å². The van der Waals surface area contributed by atoms with Crippen molar-refractivity contribution in [1.29, 1.82) is 0 Å². The molecule has 1 unspecified atom stereocenters. The minimum absolute atomic E-state index is 0.0629. The van der Waals surface area contributed by atoms with Crippen LogP contribution in [-0.4, -0.2) is 37.9 Å². The van der Waals surface area contributed by atoms with E-state index in [1.165, 1.54) is 199 Å². The van der Waals surface area contributed by atoms with E-state index >= 15 is 0 Å². The molecular weight excluding hydrogens is 861 g/mol. The van der Waals surface area contributed by atoms with Gasteiger partial charge in [-0.3, -0.25) is 9.59 Å². The zero-order valence-electron chi connectivity index (χ0n) is 46.8. The summed E-state index contributed by atoms with van der Waals surface area (Å²) in [4.78, 5) is 25.5. The Labute approximate surface area is 436 Å². The summed E-state index contributed by atoms with van der Waals surface area (Å²) in [6.45, 7) is 7.70. The molecule has 0 aromatic heterocycles. The average Bonchev–Trinajstić information content (AvgIpc) is 3.36. The first kappa shape index (κ1) is 67.3. The Balaban J connectivity index is 4.32. The number of hydrogen-bond acceptors (Lipinski definition) is 5. The smallest absolute Gasteiger partial charge is 0.306 e. The number of esters is 2. The number of allylic oxidation sites excluding steroid dienone is 12. The molecule has 0 aliphatic rings. The molecule has 0 aromatic rings. The highest BCUT2D eigenvalue weighted by Crippen LogP contribution is 2.16. The Hall–Kier alpha value is -2.66. The van der Waals surface area contributed by atoms with Crippen molar-refractivity contribution in [2.45, 2.75) is 309 Å². The molecule has 0 aliphatic heterocycles. The number of carbonyl (C=O) groups excluding carboxylic acids is 2. The van der Waals surface area contributed by atoms with Crippen molar-refractivity contribution in [3.8, 4) is 0 Å². The number of hydrogen-bond donors (Lipinski definition) is 0. The van der Waals surface area contributed by atoms with Gasteiger partial charge in [-0.15, -0.1) is 0 Å². The Kier molecular flexibility index (Phi) is 58.3. The highest BCUT2D eigenvalue weighted by atomic mass is 16.6. The zero-order chi connectivity index (χ0) is 50.6. The van der Waals surface area contributed by atoms with E-state index in [0.717, 1.165) is 70.6 Å². The highest BCUT2D eigenvalue weighted by molar-refractivity contribution is 5.70. The molecule has 5 heteroatoms. The fourth-order valence-corrected chi connectivity index (χ4v) is 8.72. The molecule has 0 heterocycles. The molecule has 0 spiro atoms. The Morgan fingerprint density at radius 3 is 1.09 bits per heavy atom. The maximum Gasteiger partial charge on any atom is 0.306 e. The highest BCUT2D eigenvalue weighted by Gasteiger charge is 2.17. The number of carbonyl (C=O) groups is 2. The normalized spacial score (nSPS) is 12.7. The fourth-order valence-electron chi connectivity index (χ4n) is 8.72. The van der Waals surface area contributed by atoms with E-state index in [9.17, 15) is 9.59 Å². The second-order valence-corrected chi connectivity index (χ2v) is 20.2. The van der Waals surface area contributed by atoms with Gasteiger partial charge in [-0.25, -0.2) is 0 Å². The molecule has 0 fully saturated rings. The summed E-state index contributed by atoms with van der Waals surface area (Å²) in [5, 5.41) is 0. The lowest BCUT2D eigenvalue weighted by Crippen LogP contribution is -2.30. The van der Waals surface area contributed by atoms with E-state index in [-0.39, 0.29) is 25.2 Å². The van der Waals surface area contributed by atoms with Crippen molar-refractivity contribution in [3.05, 3.63) is 72.9 Å². The molecule has 1 atom stereocenters. The molecule has 0 amide bonds. The van der Waals surface area contributed by atoms with Gasteiger partial charge in [0.05, 0.1) is 6.61 Å². The molecule has 0 rings (SSSR count). The summed E-state index contributed by atoms with van der Waals surface area (Å²) in [5.74, 6) is -0.454. The molecule has 0 saturated heterocycles. The van der Waals surface area contributed by atoms with Crippen LogP contribution in [0.4, 0.5) is 0 Å². The standard InChI is InChI=1S/C65H116O5/c1-4-7-10-13-16-19-22-25-28-31-33-35-37-40-43-46-49-52-55-58-64(66)69-62-63(61-68-60-57-54-51-48-45-42-39-36-32-29-26-23-20-17-14-11-8-5-2)70-65(67)59-56-53-50-47-44-41-38-34-30-27-24-21-18-15-12-9-6-3/h9,12,18,21,25,27-28,30,38,41,47,50,63H,4-8,10-11,13-17,19-20,22-24,26,29,31-37,39-40,42-46,48-49,51-62H2,1-3H3/b12-9-,21-18-,28-25-,30-27-,41-38-,50-47-. The first-order chi connectivity index (χ1) is 34.6. The van der Waals surface area contributed by atoms with Gasteiger partial charge in [0.15, 0.2) is 6.10 Å². The van der Waals surface area contributed by atoms with Crippen LogP contribution in [0.3, 0.4) is 0 Å². The van der Waals surface area contributed by atoms with Crippen LogP contribution in [0.25, 0.3) is 0 Å². The predicted octanol–water partition coefficient (Wildman–Crippen LogP) is 21.0. The van der Waals surface area contributed by atoms with Gasteiger partial charge >= 0.3 is 11.9 Å². The first-order valence-electron chi connectivity index (χ1n) is 30.5. The van der Waals surface area contributed by atoms with Crippen LogP contribution in [0.15, 0.2) is 72.9 Å². The molecule has 406 valence electrons. The van der Waals surface area contributed by atoms with Gasteiger partial charge in [-0.2, -0.15) is 0 Å². The van der Waals surface area contributed by atoms with E-state index in [0.29, 0.717) is 19.4 Å². The second-order valence-electron chi connectivity index (χ2n) is 20.2. The Bertz CT molecular complexity index is 1240. The molecule has 70 heavy (non-hydrogen) atoms. The van der Waals surface area contributed by atoms with Crippen molar-refractivity contribution in [3.63, 3.8) is 0 Å². The van der Waals surface area contributed by atoms with Gasteiger partial charge in [-0.05, 0) is 83.5 Å². The summed E-state index contributed by atoms with van der Waals surface area (Å²) in [6.07, 6.45) is 79.4. The molecule has 0 aromatic carbocycles. The lowest BCUT2D eigenvalue weighted by atomic mass is 10.0. The van der Waals surface area contributed by atoms with Crippen LogP contribution < -0.4 is 0 Å². The molecule has 0 saturated carbocycles. The van der Waals surface area contributed by atoms with Crippen molar-refractivity contribution in [1.82, 2.24) is 0 Å². The largest absolute Gasteiger partial charge is 0.462 e. The monoisotopic (exact) mass is 977 g/mol. The lowest BCUT2D eigenvalue weighted by Gasteiger charge is -2.18. The summed E-state index contributed by atoms with van der Waals surface area (Å²) in [7, 11) is 0. The number of rotatable bonds is 56. The minimum atomic E-state index is -0.568. The van der Waals surface area contributed by atoms with E-state index in [1.54, 1.807) is 0 Å².